The maximum absolute atomic E-state index is 11.7. The number of aliphatic hydroxyl groups excluding tert-OH is 2. The molecule has 0 aromatic carbocycles. The van der Waals surface area contributed by atoms with Gasteiger partial charge in [0.05, 0.1) is 25.2 Å². The Balaban J connectivity index is 1.96. The number of pyridine rings is 2. The summed E-state index contributed by atoms with van der Waals surface area (Å²) in [5.74, 6) is 0.457. The third-order valence-electron chi connectivity index (χ3n) is 5.41. The van der Waals surface area contributed by atoms with Crippen molar-refractivity contribution in [3.05, 3.63) is 34.1 Å². The number of rotatable bonds is 10. The number of aromatic nitrogens is 2. The van der Waals surface area contributed by atoms with E-state index in [-0.39, 0.29) is 12.2 Å². The first-order valence-electron chi connectivity index (χ1n) is 10.8. The van der Waals surface area contributed by atoms with Crippen LogP contribution in [0, 0.1) is 0 Å². The molecule has 0 aliphatic carbocycles. The van der Waals surface area contributed by atoms with Crippen LogP contribution in [0.1, 0.15) is 57.6 Å². The van der Waals surface area contributed by atoms with Crippen LogP contribution in [-0.2, 0) is 4.74 Å². The molecular weight excluding hydrogens is 384 g/mol. The van der Waals surface area contributed by atoms with Gasteiger partial charge in [0.15, 0.2) is 5.82 Å². The largest absolute Gasteiger partial charge is 0.394 e. The van der Waals surface area contributed by atoms with Crippen molar-refractivity contribution < 1.29 is 14.9 Å². The molecule has 1 saturated heterocycles. The Morgan fingerprint density at radius 2 is 2.03 bits per heavy atom. The van der Waals surface area contributed by atoms with E-state index in [1.807, 2.05) is 12.4 Å². The van der Waals surface area contributed by atoms with Gasteiger partial charge in [-0.1, -0.05) is 26.7 Å². The van der Waals surface area contributed by atoms with Gasteiger partial charge in [0.1, 0.15) is 11.8 Å². The van der Waals surface area contributed by atoms with Crippen molar-refractivity contribution in [3.63, 3.8) is 0 Å². The van der Waals surface area contributed by atoms with Gasteiger partial charge in [-0.2, -0.15) is 0 Å². The second kappa shape index (κ2) is 10.7. The predicted octanol–water partition coefficient (Wildman–Crippen LogP) is 2.67. The number of hydrogen-bond donors (Lipinski definition) is 3. The molecule has 3 heterocycles. The molecule has 8 nitrogen and oxygen atoms in total. The number of aromatic amines is 1. The van der Waals surface area contributed by atoms with Crippen LogP contribution in [0.5, 0.6) is 0 Å². The van der Waals surface area contributed by atoms with E-state index in [1.165, 1.54) is 6.07 Å². The molecule has 2 aromatic rings. The third kappa shape index (κ3) is 5.44. The van der Waals surface area contributed by atoms with Gasteiger partial charge in [-0.3, -0.25) is 4.79 Å². The van der Waals surface area contributed by atoms with Crippen molar-refractivity contribution in [1.29, 1.82) is 0 Å². The first kappa shape index (κ1) is 22.4. The van der Waals surface area contributed by atoms with Gasteiger partial charge in [0.2, 0.25) is 5.56 Å². The van der Waals surface area contributed by atoms with E-state index in [1.54, 1.807) is 6.07 Å². The minimum absolute atomic E-state index is 0.224. The van der Waals surface area contributed by atoms with Crippen molar-refractivity contribution in [2.24, 2.45) is 4.99 Å². The SMILES string of the molecule is CCCCN(/C=N/c1nc2[nH]c(=O)ccc2cc1[C@H]1C[C@H](O)[C@@H](CO)O1)CCCC. The Morgan fingerprint density at radius 3 is 2.67 bits per heavy atom. The lowest BCUT2D eigenvalue weighted by Crippen LogP contribution is -2.24. The molecule has 0 amide bonds. The molecule has 3 N–H and O–H groups in total. The molecule has 0 bridgehead atoms. The zero-order chi connectivity index (χ0) is 21.5. The van der Waals surface area contributed by atoms with Gasteiger partial charge in [-0.15, -0.1) is 0 Å². The standard InChI is InChI=1S/C22H32N4O4/c1-3-5-9-26(10-6-4-2)14-23-22-16(18-12-17(28)19(13-27)30-18)11-15-7-8-20(29)24-21(15)25-22/h7-8,11,14,17-19,27-28H,3-6,9-10,12-13H2,1-2H3,(H,24,25,29)/b23-14+/t17-,18+,19+/m0/s1. The normalized spacial score (nSPS) is 21.7. The highest BCUT2D eigenvalue weighted by Crippen LogP contribution is 2.38. The molecule has 2 aromatic heterocycles. The monoisotopic (exact) mass is 416 g/mol. The number of aliphatic imine (C=N–C) groups is 1. The molecule has 8 heteroatoms. The average molecular weight is 417 g/mol. The third-order valence-corrected chi connectivity index (χ3v) is 5.41. The second-order valence-corrected chi connectivity index (χ2v) is 7.80. The van der Waals surface area contributed by atoms with E-state index in [9.17, 15) is 15.0 Å². The van der Waals surface area contributed by atoms with Crippen molar-refractivity contribution in [3.8, 4) is 0 Å². The second-order valence-electron chi connectivity index (χ2n) is 7.80. The average Bonchev–Trinajstić information content (AvgIpc) is 3.13. The van der Waals surface area contributed by atoms with Gasteiger partial charge < -0.3 is 24.8 Å². The Labute approximate surface area is 176 Å². The van der Waals surface area contributed by atoms with Crippen LogP contribution >= 0.6 is 0 Å². The summed E-state index contributed by atoms with van der Waals surface area (Å²) in [5.41, 5.74) is 0.981. The number of hydrogen-bond acceptors (Lipinski definition) is 6. The summed E-state index contributed by atoms with van der Waals surface area (Å²) >= 11 is 0. The predicted molar refractivity (Wildman–Crippen MR) is 117 cm³/mol. The fourth-order valence-electron chi connectivity index (χ4n) is 3.61. The Morgan fingerprint density at radius 1 is 1.30 bits per heavy atom. The molecule has 1 aliphatic rings. The summed E-state index contributed by atoms with van der Waals surface area (Å²) < 4.78 is 5.86. The van der Waals surface area contributed by atoms with E-state index >= 15 is 0 Å². The lowest BCUT2D eigenvalue weighted by atomic mass is 10.0. The van der Waals surface area contributed by atoms with Gasteiger partial charge in [0, 0.05) is 36.5 Å². The zero-order valence-electron chi connectivity index (χ0n) is 17.8. The topological polar surface area (TPSA) is 111 Å². The lowest BCUT2D eigenvalue weighted by Gasteiger charge is -2.19. The first-order chi connectivity index (χ1) is 14.5. The summed E-state index contributed by atoms with van der Waals surface area (Å²) in [6.07, 6.45) is 4.76. The van der Waals surface area contributed by atoms with Gasteiger partial charge in [-0.25, -0.2) is 9.98 Å². The van der Waals surface area contributed by atoms with Crippen LogP contribution < -0.4 is 5.56 Å². The van der Waals surface area contributed by atoms with Gasteiger partial charge in [-0.05, 0) is 25.0 Å². The number of unbranched alkanes of at least 4 members (excludes halogenated alkanes) is 2. The molecule has 0 spiro atoms. The van der Waals surface area contributed by atoms with Crippen LogP contribution in [0.2, 0.25) is 0 Å². The summed E-state index contributed by atoms with van der Waals surface area (Å²) in [4.78, 5) is 25.9. The molecule has 1 fully saturated rings. The van der Waals surface area contributed by atoms with E-state index < -0.39 is 18.3 Å². The summed E-state index contributed by atoms with van der Waals surface area (Å²) in [6.45, 7) is 5.92. The molecule has 1 aliphatic heterocycles. The van der Waals surface area contributed by atoms with Gasteiger partial charge in [0.25, 0.3) is 0 Å². The number of aliphatic hydroxyl groups is 2. The smallest absolute Gasteiger partial charge is 0.249 e. The quantitative estimate of drug-likeness (QED) is 0.406. The molecule has 30 heavy (non-hydrogen) atoms. The number of nitrogens with one attached hydrogen (secondary N) is 1. The molecule has 0 saturated carbocycles. The molecule has 164 valence electrons. The first-order valence-corrected chi connectivity index (χ1v) is 10.8. The van der Waals surface area contributed by atoms with E-state index in [4.69, 9.17) is 4.74 Å². The number of nitrogens with zero attached hydrogens (tertiary/aromatic N) is 3. The van der Waals surface area contributed by atoms with Crippen LogP contribution in [0.15, 0.2) is 28.0 Å². The highest BCUT2D eigenvalue weighted by Gasteiger charge is 2.35. The summed E-state index contributed by atoms with van der Waals surface area (Å²) in [5, 5.41) is 20.4. The van der Waals surface area contributed by atoms with Crippen LogP contribution in [-0.4, -0.2) is 63.3 Å². The highest BCUT2D eigenvalue weighted by molar-refractivity contribution is 5.78. The fraction of sp³-hybridized carbons (Fsp3) is 0.591. The van der Waals surface area contributed by atoms with E-state index in [0.29, 0.717) is 17.9 Å². The molecule has 0 radical (unpaired) electrons. The zero-order valence-corrected chi connectivity index (χ0v) is 17.8. The highest BCUT2D eigenvalue weighted by atomic mass is 16.5. The summed E-state index contributed by atoms with van der Waals surface area (Å²) in [7, 11) is 0. The van der Waals surface area contributed by atoms with E-state index in [2.05, 4.69) is 33.7 Å². The van der Waals surface area contributed by atoms with Crippen LogP contribution in [0.4, 0.5) is 5.82 Å². The minimum atomic E-state index is -0.742. The van der Waals surface area contributed by atoms with E-state index in [0.717, 1.165) is 49.7 Å². The molecule has 3 atom stereocenters. The number of ether oxygens (including phenoxy) is 1. The lowest BCUT2D eigenvalue weighted by molar-refractivity contribution is -0.0224. The Hall–Kier alpha value is -2.29. The fourth-order valence-corrected chi connectivity index (χ4v) is 3.61. The molecular formula is C22H32N4O4. The Kier molecular flexibility index (Phi) is 7.95. The summed E-state index contributed by atoms with van der Waals surface area (Å²) in [6, 6.07) is 5.06. The van der Waals surface area contributed by atoms with Crippen molar-refractivity contribution in [2.45, 2.75) is 64.3 Å². The molecule has 3 rings (SSSR count). The van der Waals surface area contributed by atoms with Crippen LogP contribution in [0.25, 0.3) is 11.0 Å². The molecule has 0 unspecified atom stereocenters. The van der Waals surface area contributed by atoms with Crippen LogP contribution in [0.3, 0.4) is 0 Å². The Bertz CT molecular complexity index is 906. The maximum Gasteiger partial charge on any atom is 0.249 e. The minimum Gasteiger partial charge on any atom is -0.394 e. The number of H-pyrrole nitrogens is 1. The van der Waals surface area contributed by atoms with Crippen molar-refractivity contribution >= 4 is 23.2 Å². The van der Waals surface area contributed by atoms with Gasteiger partial charge >= 0.3 is 0 Å². The van der Waals surface area contributed by atoms with Crippen molar-refractivity contribution in [2.75, 3.05) is 19.7 Å². The van der Waals surface area contributed by atoms with Crippen molar-refractivity contribution in [1.82, 2.24) is 14.9 Å². The number of fused-ring (bicyclic) bond motifs is 1. The maximum atomic E-state index is 11.7.